The van der Waals surface area contributed by atoms with Crippen LogP contribution in [0.15, 0.2) is 42.5 Å². The van der Waals surface area contributed by atoms with Crippen molar-refractivity contribution in [1.29, 1.82) is 0 Å². The Balaban J connectivity index is 2.29. The summed E-state index contributed by atoms with van der Waals surface area (Å²) in [5, 5.41) is 1.72. The SMILES string of the molecule is C#Cc1c(-c2ccc(OC)cc2)nc(OC)c2cc(OC)ccc12. The van der Waals surface area contributed by atoms with E-state index in [0.29, 0.717) is 11.6 Å². The smallest absolute Gasteiger partial charge is 0.221 e. The molecule has 0 spiro atoms. The number of nitrogens with zero attached hydrogens (tertiary/aromatic N) is 1. The molecule has 0 fully saturated rings. The zero-order chi connectivity index (χ0) is 17.1. The second-order valence-electron chi connectivity index (χ2n) is 5.13. The van der Waals surface area contributed by atoms with Crippen LogP contribution in [0.4, 0.5) is 0 Å². The van der Waals surface area contributed by atoms with E-state index in [2.05, 4.69) is 10.9 Å². The quantitative estimate of drug-likeness (QED) is 0.684. The molecule has 120 valence electrons. The van der Waals surface area contributed by atoms with Crippen molar-refractivity contribution in [1.82, 2.24) is 4.98 Å². The molecule has 0 amide bonds. The third-order valence-electron chi connectivity index (χ3n) is 3.88. The maximum atomic E-state index is 5.79. The minimum Gasteiger partial charge on any atom is -0.497 e. The van der Waals surface area contributed by atoms with E-state index < -0.39 is 0 Å². The Labute approximate surface area is 141 Å². The highest BCUT2D eigenvalue weighted by atomic mass is 16.5. The van der Waals surface area contributed by atoms with Gasteiger partial charge in [0, 0.05) is 16.3 Å². The van der Waals surface area contributed by atoms with Gasteiger partial charge in [0.2, 0.25) is 5.88 Å². The number of aromatic nitrogens is 1. The summed E-state index contributed by atoms with van der Waals surface area (Å²) < 4.78 is 16.0. The molecule has 4 heteroatoms. The molecule has 3 rings (SSSR count). The highest BCUT2D eigenvalue weighted by Crippen LogP contribution is 2.35. The molecule has 0 unspecified atom stereocenters. The van der Waals surface area contributed by atoms with Crippen molar-refractivity contribution < 1.29 is 14.2 Å². The highest BCUT2D eigenvalue weighted by Gasteiger charge is 2.15. The van der Waals surface area contributed by atoms with E-state index in [4.69, 9.17) is 20.6 Å². The number of terminal acetylenes is 1. The predicted octanol–water partition coefficient (Wildman–Crippen LogP) is 3.91. The Bertz CT molecular complexity index is 924. The normalized spacial score (nSPS) is 10.2. The van der Waals surface area contributed by atoms with E-state index in [0.717, 1.165) is 33.4 Å². The van der Waals surface area contributed by atoms with Gasteiger partial charge in [0.15, 0.2) is 0 Å². The van der Waals surface area contributed by atoms with Crippen molar-refractivity contribution in [2.75, 3.05) is 21.3 Å². The van der Waals surface area contributed by atoms with Crippen LogP contribution in [0.5, 0.6) is 17.4 Å². The Kier molecular flexibility index (Phi) is 4.26. The van der Waals surface area contributed by atoms with Gasteiger partial charge in [0.25, 0.3) is 0 Å². The molecule has 0 N–H and O–H groups in total. The molecule has 0 aliphatic carbocycles. The van der Waals surface area contributed by atoms with Crippen LogP contribution in [0, 0.1) is 12.3 Å². The number of methoxy groups -OCH3 is 3. The van der Waals surface area contributed by atoms with Gasteiger partial charge in [-0.3, -0.25) is 0 Å². The lowest BCUT2D eigenvalue weighted by Gasteiger charge is -2.13. The van der Waals surface area contributed by atoms with E-state index in [1.54, 1.807) is 21.3 Å². The van der Waals surface area contributed by atoms with Gasteiger partial charge >= 0.3 is 0 Å². The zero-order valence-corrected chi connectivity index (χ0v) is 13.8. The first kappa shape index (κ1) is 15.7. The fourth-order valence-electron chi connectivity index (χ4n) is 2.65. The minimum absolute atomic E-state index is 0.508. The second kappa shape index (κ2) is 6.51. The van der Waals surface area contributed by atoms with E-state index in [1.807, 2.05) is 42.5 Å². The molecule has 24 heavy (non-hydrogen) atoms. The predicted molar refractivity (Wildman–Crippen MR) is 94.8 cm³/mol. The summed E-state index contributed by atoms with van der Waals surface area (Å²) in [5.41, 5.74) is 2.33. The molecule has 0 saturated carbocycles. The lowest BCUT2D eigenvalue weighted by atomic mass is 9.99. The van der Waals surface area contributed by atoms with Crippen LogP contribution in [0.25, 0.3) is 22.0 Å². The zero-order valence-electron chi connectivity index (χ0n) is 13.8. The topological polar surface area (TPSA) is 40.6 Å². The molecule has 0 aliphatic rings. The lowest BCUT2D eigenvalue weighted by molar-refractivity contribution is 0.402. The Morgan fingerprint density at radius 2 is 1.50 bits per heavy atom. The summed E-state index contributed by atoms with van der Waals surface area (Å²) in [4.78, 5) is 4.63. The summed E-state index contributed by atoms with van der Waals surface area (Å²) in [6, 6.07) is 13.3. The molecule has 0 saturated heterocycles. The van der Waals surface area contributed by atoms with Gasteiger partial charge in [-0.2, -0.15) is 0 Å². The van der Waals surface area contributed by atoms with Crippen LogP contribution in [-0.2, 0) is 0 Å². The molecule has 1 aromatic heterocycles. The van der Waals surface area contributed by atoms with Crippen molar-refractivity contribution in [2.45, 2.75) is 0 Å². The molecule has 4 nitrogen and oxygen atoms in total. The molecule has 0 aliphatic heterocycles. The number of rotatable bonds is 4. The van der Waals surface area contributed by atoms with Gasteiger partial charge in [-0.05, 0) is 42.5 Å². The largest absolute Gasteiger partial charge is 0.497 e. The molecule has 0 bridgehead atoms. The van der Waals surface area contributed by atoms with E-state index >= 15 is 0 Å². The summed E-state index contributed by atoms with van der Waals surface area (Å²) in [5.74, 6) is 4.77. The number of fused-ring (bicyclic) bond motifs is 1. The maximum absolute atomic E-state index is 5.79. The van der Waals surface area contributed by atoms with Crippen LogP contribution in [0.2, 0.25) is 0 Å². The number of benzene rings is 2. The van der Waals surface area contributed by atoms with Crippen molar-refractivity contribution >= 4 is 10.8 Å². The number of ether oxygens (including phenoxy) is 3. The van der Waals surface area contributed by atoms with Gasteiger partial charge in [-0.25, -0.2) is 4.98 Å². The first-order valence-corrected chi connectivity index (χ1v) is 7.38. The van der Waals surface area contributed by atoms with E-state index in [1.165, 1.54) is 0 Å². The molecule has 0 radical (unpaired) electrons. The first-order valence-electron chi connectivity index (χ1n) is 7.38. The van der Waals surface area contributed by atoms with Crippen molar-refractivity contribution in [2.24, 2.45) is 0 Å². The summed E-state index contributed by atoms with van der Waals surface area (Å²) in [6.45, 7) is 0. The van der Waals surface area contributed by atoms with Crippen LogP contribution in [-0.4, -0.2) is 26.3 Å². The highest BCUT2D eigenvalue weighted by molar-refractivity contribution is 5.97. The standard InChI is InChI=1S/C20H17NO3/c1-5-16-17-11-10-15(23-3)12-18(17)20(24-4)21-19(16)13-6-8-14(22-2)9-7-13/h1,6-12H,2-4H3. The fraction of sp³-hybridized carbons (Fsp3) is 0.150. The van der Waals surface area contributed by atoms with Crippen LogP contribution >= 0.6 is 0 Å². The van der Waals surface area contributed by atoms with Crippen molar-refractivity contribution in [3.8, 4) is 41.0 Å². The van der Waals surface area contributed by atoms with Gasteiger partial charge in [0.05, 0.1) is 32.6 Å². The number of pyridine rings is 1. The monoisotopic (exact) mass is 319 g/mol. The molecule has 1 heterocycles. The van der Waals surface area contributed by atoms with Crippen molar-refractivity contribution in [3.05, 3.63) is 48.0 Å². The van der Waals surface area contributed by atoms with E-state index in [9.17, 15) is 0 Å². The Hall–Kier alpha value is -3.19. The minimum atomic E-state index is 0.508. The average Bonchev–Trinajstić information content (AvgIpc) is 2.66. The van der Waals surface area contributed by atoms with E-state index in [-0.39, 0.29) is 0 Å². The van der Waals surface area contributed by atoms with Crippen LogP contribution < -0.4 is 14.2 Å². The molecule has 2 aromatic carbocycles. The number of hydrogen-bond donors (Lipinski definition) is 0. The third kappa shape index (κ3) is 2.61. The van der Waals surface area contributed by atoms with Gasteiger partial charge in [-0.15, -0.1) is 6.42 Å². The Morgan fingerprint density at radius 1 is 0.833 bits per heavy atom. The average molecular weight is 319 g/mol. The molecular weight excluding hydrogens is 302 g/mol. The fourth-order valence-corrected chi connectivity index (χ4v) is 2.65. The van der Waals surface area contributed by atoms with Gasteiger partial charge in [-0.1, -0.05) is 5.92 Å². The third-order valence-corrected chi connectivity index (χ3v) is 3.88. The number of hydrogen-bond acceptors (Lipinski definition) is 4. The van der Waals surface area contributed by atoms with Crippen molar-refractivity contribution in [3.63, 3.8) is 0 Å². The molecule has 0 atom stereocenters. The lowest BCUT2D eigenvalue weighted by Crippen LogP contribution is -1.97. The summed E-state index contributed by atoms with van der Waals surface area (Å²) in [7, 11) is 4.84. The second-order valence-corrected chi connectivity index (χ2v) is 5.13. The van der Waals surface area contributed by atoms with Gasteiger partial charge < -0.3 is 14.2 Å². The molecule has 3 aromatic rings. The van der Waals surface area contributed by atoms with Crippen LogP contribution in [0.1, 0.15) is 5.56 Å². The summed E-state index contributed by atoms with van der Waals surface area (Å²) >= 11 is 0. The van der Waals surface area contributed by atoms with Crippen LogP contribution in [0.3, 0.4) is 0 Å². The molecular formula is C20H17NO3. The first-order chi connectivity index (χ1) is 11.7. The van der Waals surface area contributed by atoms with Gasteiger partial charge in [0.1, 0.15) is 11.5 Å². The summed E-state index contributed by atoms with van der Waals surface area (Å²) in [6.07, 6.45) is 5.79. The maximum Gasteiger partial charge on any atom is 0.221 e. The Morgan fingerprint density at radius 3 is 2.08 bits per heavy atom.